The highest BCUT2D eigenvalue weighted by Crippen LogP contribution is 2.13. The first-order valence-corrected chi connectivity index (χ1v) is 7.00. The summed E-state index contributed by atoms with van der Waals surface area (Å²) in [6.45, 7) is 0. The molecule has 0 bridgehead atoms. The van der Waals surface area contributed by atoms with Crippen LogP contribution >= 0.6 is 11.8 Å². The van der Waals surface area contributed by atoms with Crippen molar-refractivity contribution in [2.45, 2.75) is 5.16 Å². The van der Waals surface area contributed by atoms with Gasteiger partial charge in [0.05, 0.1) is 10.9 Å². The molecule has 0 aliphatic carbocycles. The number of para-hydroxylation sites is 1. The zero-order valence-corrected chi connectivity index (χ0v) is 11.1. The molecule has 3 rings (SSSR count). The molecule has 0 unspecified atom stereocenters. The Morgan fingerprint density at radius 1 is 1.16 bits per heavy atom. The van der Waals surface area contributed by atoms with Crippen LogP contribution in [0.5, 0.6) is 0 Å². The van der Waals surface area contributed by atoms with Crippen LogP contribution in [0.25, 0.3) is 16.6 Å². The van der Waals surface area contributed by atoms with Crippen molar-refractivity contribution in [3.63, 3.8) is 0 Å². The summed E-state index contributed by atoms with van der Waals surface area (Å²) in [6, 6.07) is 11.3. The summed E-state index contributed by atoms with van der Waals surface area (Å²) in [5.74, 6) is 0. The highest BCUT2D eigenvalue weighted by atomic mass is 32.2. The standard InChI is InChI=1S/C14H11N3OS/c1-19-14-15-9-11-12(16-14)7-8-17(13(11)18)10-5-3-2-4-6-10/h2-9H,1H3. The maximum absolute atomic E-state index is 12.4. The fourth-order valence-corrected chi connectivity index (χ4v) is 2.25. The maximum atomic E-state index is 12.4. The second-order valence-electron chi connectivity index (χ2n) is 3.98. The number of benzene rings is 1. The van der Waals surface area contributed by atoms with Crippen molar-refractivity contribution < 1.29 is 0 Å². The number of hydrogen-bond donors (Lipinski definition) is 0. The lowest BCUT2D eigenvalue weighted by molar-refractivity contribution is 0.969. The summed E-state index contributed by atoms with van der Waals surface area (Å²) in [6.07, 6.45) is 5.25. The molecular formula is C14H11N3OS. The normalized spacial score (nSPS) is 10.8. The van der Waals surface area contributed by atoms with Gasteiger partial charge in [0.15, 0.2) is 5.16 Å². The van der Waals surface area contributed by atoms with Crippen LogP contribution in [0, 0.1) is 0 Å². The van der Waals surface area contributed by atoms with Crippen molar-refractivity contribution in [2.24, 2.45) is 0 Å². The molecule has 0 atom stereocenters. The van der Waals surface area contributed by atoms with E-state index in [4.69, 9.17) is 0 Å². The molecule has 2 heterocycles. The Bertz CT molecular complexity index is 784. The first-order chi connectivity index (χ1) is 9.29. The van der Waals surface area contributed by atoms with Crippen molar-refractivity contribution in [1.82, 2.24) is 14.5 Å². The highest BCUT2D eigenvalue weighted by molar-refractivity contribution is 7.98. The molecule has 19 heavy (non-hydrogen) atoms. The molecule has 3 aromatic rings. The molecule has 2 aromatic heterocycles. The molecule has 0 N–H and O–H groups in total. The molecule has 94 valence electrons. The highest BCUT2D eigenvalue weighted by Gasteiger charge is 2.06. The average molecular weight is 269 g/mol. The topological polar surface area (TPSA) is 47.8 Å². The van der Waals surface area contributed by atoms with Gasteiger partial charge in [-0.3, -0.25) is 9.36 Å². The van der Waals surface area contributed by atoms with Crippen LogP contribution in [-0.4, -0.2) is 20.8 Å². The van der Waals surface area contributed by atoms with E-state index in [1.807, 2.05) is 42.7 Å². The summed E-state index contributed by atoms with van der Waals surface area (Å²) in [4.78, 5) is 20.9. The largest absolute Gasteiger partial charge is 0.284 e. The zero-order chi connectivity index (χ0) is 13.2. The van der Waals surface area contributed by atoms with Crippen molar-refractivity contribution in [3.8, 4) is 5.69 Å². The summed E-state index contributed by atoms with van der Waals surface area (Å²) >= 11 is 1.46. The van der Waals surface area contributed by atoms with E-state index in [9.17, 15) is 4.79 Å². The van der Waals surface area contributed by atoms with Gasteiger partial charge < -0.3 is 0 Å². The monoisotopic (exact) mass is 269 g/mol. The number of pyridine rings is 1. The van der Waals surface area contributed by atoms with Gasteiger partial charge in [-0.15, -0.1) is 0 Å². The number of aromatic nitrogens is 3. The van der Waals surface area contributed by atoms with Crippen molar-refractivity contribution in [1.29, 1.82) is 0 Å². The summed E-state index contributed by atoms with van der Waals surface area (Å²) in [7, 11) is 0. The third-order valence-corrected chi connectivity index (χ3v) is 3.41. The van der Waals surface area contributed by atoms with E-state index < -0.39 is 0 Å². The van der Waals surface area contributed by atoms with Gasteiger partial charge in [0, 0.05) is 18.1 Å². The lowest BCUT2D eigenvalue weighted by atomic mass is 10.2. The lowest BCUT2D eigenvalue weighted by Gasteiger charge is -2.06. The third-order valence-electron chi connectivity index (χ3n) is 2.84. The van der Waals surface area contributed by atoms with Crippen LogP contribution in [0.1, 0.15) is 0 Å². The third kappa shape index (κ3) is 2.13. The summed E-state index contributed by atoms with van der Waals surface area (Å²) in [5, 5.41) is 1.20. The van der Waals surface area contributed by atoms with Crippen LogP contribution in [0.3, 0.4) is 0 Å². The second-order valence-corrected chi connectivity index (χ2v) is 4.76. The second kappa shape index (κ2) is 4.85. The SMILES string of the molecule is CSc1ncc2c(=O)n(-c3ccccc3)ccc2n1. The number of nitrogens with zero attached hydrogens (tertiary/aromatic N) is 3. The fraction of sp³-hybridized carbons (Fsp3) is 0.0714. The Labute approximate surface area is 114 Å². The van der Waals surface area contributed by atoms with E-state index in [0.717, 1.165) is 5.69 Å². The molecule has 1 aromatic carbocycles. The van der Waals surface area contributed by atoms with Gasteiger partial charge in [0.2, 0.25) is 0 Å². The van der Waals surface area contributed by atoms with E-state index >= 15 is 0 Å². The molecule has 0 aliphatic rings. The molecule has 0 aliphatic heterocycles. The van der Waals surface area contributed by atoms with Crippen LogP contribution in [0.15, 0.2) is 58.7 Å². The predicted octanol–water partition coefficient (Wildman–Crippen LogP) is 2.50. The van der Waals surface area contributed by atoms with Gasteiger partial charge in [-0.2, -0.15) is 0 Å². The predicted molar refractivity (Wildman–Crippen MR) is 76.9 cm³/mol. The number of rotatable bonds is 2. The molecule has 5 heteroatoms. The van der Waals surface area contributed by atoms with Crippen LogP contribution in [-0.2, 0) is 0 Å². The zero-order valence-electron chi connectivity index (χ0n) is 10.3. The van der Waals surface area contributed by atoms with Crippen LogP contribution < -0.4 is 5.56 Å². The Morgan fingerprint density at radius 3 is 2.68 bits per heavy atom. The summed E-state index contributed by atoms with van der Waals surface area (Å²) in [5.41, 5.74) is 1.41. The van der Waals surface area contributed by atoms with Gasteiger partial charge in [-0.25, -0.2) is 9.97 Å². The van der Waals surface area contributed by atoms with E-state index in [0.29, 0.717) is 16.1 Å². The molecule has 0 saturated heterocycles. The minimum absolute atomic E-state index is 0.101. The molecule has 4 nitrogen and oxygen atoms in total. The van der Waals surface area contributed by atoms with E-state index in [2.05, 4.69) is 9.97 Å². The number of hydrogen-bond acceptors (Lipinski definition) is 4. The van der Waals surface area contributed by atoms with Gasteiger partial charge in [-0.05, 0) is 24.5 Å². The smallest absolute Gasteiger partial charge is 0.266 e. The number of thioether (sulfide) groups is 1. The first kappa shape index (κ1) is 11.9. The quantitative estimate of drug-likeness (QED) is 0.530. The molecule has 0 amide bonds. The first-order valence-electron chi connectivity index (χ1n) is 5.77. The maximum Gasteiger partial charge on any atom is 0.266 e. The minimum Gasteiger partial charge on any atom is -0.284 e. The Hall–Kier alpha value is -2.14. The summed E-state index contributed by atoms with van der Waals surface area (Å²) < 4.78 is 1.60. The van der Waals surface area contributed by atoms with Crippen molar-refractivity contribution >= 4 is 22.7 Å². The Balaban J connectivity index is 2.25. The van der Waals surface area contributed by atoms with Crippen molar-refractivity contribution in [2.75, 3.05) is 6.26 Å². The van der Waals surface area contributed by atoms with E-state index in [1.165, 1.54) is 11.8 Å². The van der Waals surface area contributed by atoms with Gasteiger partial charge in [-0.1, -0.05) is 30.0 Å². The molecule has 0 fully saturated rings. The molecule has 0 saturated carbocycles. The van der Waals surface area contributed by atoms with E-state index in [1.54, 1.807) is 17.0 Å². The van der Waals surface area contributed by atoms with Gasteiger partial charge in [0.1, 0.15) is 0 Å². The number of fused-ring (bicyclic) bond motifs is 1. The average Bonchev–Trinajstić information content (AvgIpc) is 2.48. The van der Waals surface area contributed by atoms with Crippen molar-refractivity contribution in [3.05, 3.63) is 59.1 Å². The fourth-order valence-electron chi connectivity index (χ4n) is 1.90. The minimum atomic E-state index is -0.101. The molecular weight excluding hydrogens is 258 g/mol. The van der Waals surface area contributed by atoms with Crippen LogP contribution in [0.2, 0.25) is 0 Å². The Morgan fingerprint density at radius 2 is 1.95 bits per heavy atom. The lowest BCUT2D eigenvalue weighted by Crippen LogP contribution is -2.18. The molecule has 0 radical (unpaired) electrons. The molecule has 0 spiro atoms. The van der Waals surface area contributed by atoms with Gasteiger partial charge >= 0.3 is 0 Å². The Kier molecular flexibility index (Phi) is 3.05. The van der Waals surface area contributed by atoms with Crippen LogP contribution in [0.4, 0.5) is 0 Å². The van der Waals surface area contributed by atoms with Gasteiger partial charge in [0.25, 0.3) is 5.56 Å². The van der Waals surface area contributed by atoms with E-state index in [-0.39, 0.29) is 5.56 Å².